The zero-order chi connectivity index (χ0) is 17.6. The summed E-state index contributed by atoms with van der Waals surface area (Å²) in [5.74, 6) is 2.21. The lowest BCUT2D eigenvalue weighted by atomic mass is 10.2. The maximum atomic E-state index is 4.72. The molecule has 3 N–H and O–H groups in total. The van der Waals surface area contributed by atoms with Gasteiger partial charge in [-0.15, -0.1) is 0 Å². The fourth-order valence-corrected chi connectivity index (χ4v) is 3.22. The van der Waals surface area contributed by atoms with Crippen LogP contribution >= 0.6 is 0 Å². The Kier molecular flexibility index (Phi) is 3.86. The summed E-state index contributed by atoms with van der Waals surface area (Å²) in [4.78, 5) is 12.5. The molecule has 1 atom stereocenters. The molecule has 0 bridgehead atoms. The number of H-pyrrole nitrogens is 1. The Morgan fingerprint density at radius 2 is 2.04 bits per heavy atom. The maximum absolute atomic E-state index is 4.72. The van der Waals surface area contributed by atoms with Crippen molar-refractivity contribution >= 4 is 28.5 Å². The first-order chi connectivity index (χ1) is 12.0. The molecule has 0 spiro atoms. The second-order valence-corrected chi connectivity index (χ2v) is 7.21. The van der Waals surface area contributed by atoms with E-state index in [9.17, 15) is 0 Å². The van der Waals surface area contributed by atoms with Crippen LogP contribution in [0.25, 0.3) is 11.0 Å². The zero-order valence-corrected chi connectivity index (χ0v) is 15.2. The van der Waals surface area contributed by atoms with E-state index < -0.39 is 0 Å². The minimum absolute atomic E-state index is 0.318. The van der Waals surface area contributed by atoms with E-state index in [1.165, 1.54) is 12.8 Å². The van der Waals surface area contributed by atoms with Crippen molar-refractivity contribution in [3.8, 4) is 0 Å². The van der Waals surface area contributed by atoms with Gasteiger partial charge in [-0.1, -0.05) is 0 Å². The first kappa shape index (κ1) is 15.9. The van der Waals surface area contributed by atoms with E-state index in [4.69, 9.17) is 4.98 Å². The van der Waals surface area contributed by atoms with E-state index in [1.54, 1.807) is 0 Å². The van der Waals surface area contributed by atoms with E-state index in [2.05, 4.69) is 53.4 Å². The number of anilines is 3. The number of fused-ring (bicyclic) bond motifs is 1. The summed E-state index contributed by atoms with van der Waals surface area (Å²) in [6.45, 7) is 8.51. The average Bonchev–Trinajstić information content (AvgIpc) is 3.21. The van der Waals surface area contributed by atoms with E-state index in [-0.39, 0.29) is 0 Å². The van der Waals surface area contributed by atoms with Gasteiger partial charge in [0.2, 0.25) is 5.95 Å². The Morgan fingerprint density at radius 1 is 1.24 bits per heavy atom. The molecule has 0 aromatic carbocycles. The highest BCUT2D eigenvalue weighted by Crippen LogP contribution is 2.35. The van der Waals surface area contributed by atoms with E-state index >= 15 is 0 Å². The van der Waals surface area contributed by atoms with E-state index in [1.807, 2.05) is 23.1 Å². The first-order valence-corrected chi connectivity index (χ1v) is 8.95. The Hall–Kier alpha value is -2.57. The summed E-state index contributed by atoms with van der Waals surface area (Å²) in [6, 6.07) is 2.76. The summed E-state index contributed by atoms with van der Waals surface area (Å²) in [6.07, 6.45) is 6.33. The van der Waals surface area contributed by atoms with Gasteiger partial charge in [0.05, 0.1) is 23.0 Å². The molecule has 3 aromatic rings. The molecule has 1 saturated carbocycles. The normalized spacial score (nSPS) is 15.7. The molecule has 0 amide bonds. The average molecular weight is 339 g/mol. The number of hydrogen-bond acceptors (Lipinski definition) is 5. The summed E-state index contributed by atoms with van der Waals surface area (Å²) >= 11 is 0. The van der Waals surface area contributed by atoms with Gasteiger partial charge in [0.25, 0.3) is 0 Å². The quantitative estimate of drug-likeness (QED) is 0.632. The summed E-state index contributed by atoms with van der Waals surface area (Å²) in [7, 11) is 0. The Balaban J connectivity index is 1.65. The van der Waals surface area contributed by atoms with E-state index in [0.29, 0.717) is 18.0 Å². The third-order valence-electron chi connectivity index (χ3n) is 4.89. The monoisotopic (exact) mass is 339 g/mol. The van der Waals surface area contributed by atoms with Crippen LogP contribution in [-0.2, 0) is 0 Å². The fraction of sp³-hybridized carbons (Fsp3) is 0.500. The van der Waals surface area contributed by atoms with Gasteiger partial charge in [-0.25, -0.2) is 0 Å². The molecule has 0 saturated heterocycles. The van der Waals surface area contributed by atoms with Crippen molar-refractivity contribution < 1.29 is 0 Å². The van der Waals surface area contributed by atoms with Crippen LogP contribution in [0.1, 0.15) is 45.3 Å². The van der Waals surface area contributed by atoms with Gasteiger partial charge in [0.1, 0.15) is 11.5 Å². The topological polar surface area (TPSA) is 83.4 Å². The van der Waals surface area contributed by atoms with Gasteiger partial charge < -0.3 is 15.6 Å². The van der Waals surface area contributed by atoms with Crippen molar-refractivity contribution in [2.24, 2.45) is 5.92 Å². The Morgan fingerprint density at radius 3 is 2.72 bits per heavy atom. The lowest BCUT2D eigenvalue weighted by molar-refractivity contribution is 0.519. The van der Waals surface area contributed by atoms with Crippen molar-refractivity contribution in [2.45, 2.75) is 52.6 Å². The predicted octanol–water partition coefficient (Wildman–Crippen LogP) is 4.00. The minimum atomic E-state index is 0.318. The van der Waals surface area contributed by atoms with Gasteiger partial charge in [-0.05, 0) is 52.5 Å². The van der Waals surface area contributed by atoms with Gasteiger partial charge in [-0.3, -0.25) is 4.68 Å². The number of hydrogen-bond donors (Lipinski definition) is 3. The van der Waals surface area contributed by atoms with Gasteiger partial charge in [-0.2, -0.15) is 15.1 Å². The highest BCUT2D eigenvalue weighted by molar-refractivity contribution is 5.88. The molecule has 25 heavy (non-hydrogen) atoms. The third kappa shape index (κ3) is 3.06. The minimum Gasteiger partial charge on any atom is -0.367 e. The van der Waals surface area contributed by atoms with Crippen LogP contribution in [-0.4, -0.2) is 30.8 Å². The van der Waals surface area contributed by atoms with Crippen LogP contribution in [0.15, 0.2) is 18.5 Å². The summed E-state index contributed by atoms with van der Waals surface area (Å²) in [5, 5.41) is 12.3. The van der Waals surface area contributed by atoms with Crippen LogP contribution in [0.2, 0.25) is 0 Å². The zero-order valence-electron chi connectivity index (χ0n) is 15.2. The Labute approximate surface area is 147 Å². The van der Waals surface area contributed by atoms with Crippen LogP contribution in [0, 0.1) is 12.8 Å². The third-order valence-corrected chi connectivity index (χ3v) is 4.89. The molecular weight excluding hydrogens is 314 g/mol. The van der Waals surface area contributed by atoms with Gasteiger partial charge >= 0.3 is 0 Å². The van der Waals surface area contributed by atoms with E-state index in [0.717, 1.165) is 34.2 Å². The largest absolute Gasteiger partial charge is 0.367 e. The van der Waals surface area contributed by atoms with Crippen LogP contribution in [0.3, 0.4) is 0 Å². The summed E-state index contributed by atoms with van der Waals surface area (Å²) in [5.41, 5.74) is 2.84. The molecule has 3 aromatic heterocycles. The molecule has 0 aliphatic heterocycles. The molecule has 0 radical (unpaired) electrons. The maximum Gasteiger partial charge on any atom is 0.231 e. The standard InChI is InChI=1S/C18H25N7/c1-10(2)25-12(4)15(9-20-25)22-18-23-16-14(7-8-19-16)17(24-18)21-11(3)13-5-6-13/h7-11,13H,5-6H2,1-4H3,(H3,19,21,22,23,24). The SMILES string of the molecule is Cc1c(Nc2nc(NC(C)C3CC3)c3cc[nH]c3n2)cnn1C(C)C. The number of aromatic nitrogens is 5. The molecule has 1 unspecified atom stereocenters. The molecule has 7 heteroatoms. The molecule has 1 aliphatic rings. The first-order valence-electron chi connectivity index (χ1n) is 8.95. The van der Waals surface area contributed by atoms with Crippen LogP contribution in [0.5, 0.6) is 0 Å². The number of nitrogens with one attached hydrogen (secondary N) is 3. The lowest BCUT2D eigenvalue weighted by Crippen LogP contribution is -2.18. The Bertz CT molecular complexity index is 888. The number of rotatable bonds is 6. The molecule has 4 rings (SSSR count). The molecule has 3 heterocycles. The molecular formula is C18H25N7. The molecule has 7 nitrogen and oxygen atoms in total. The van der Waals surface area contributed by atoms with Crippen LogP contribution < -0.4 is 10.6 Å². The van der Waals surface area contributed by atoms with Gasteiger partial charge in [0, 0.05) is 18.3 Å². The van der Waals surface area contributed by atoms with Crippen molar-refractivity contribution in [3.05, 3.63) is 24.2 Å². The number of aromatic amines is 1. The van der Waals surface area contributed by atoms with Crippen LogP contribution in [0.4, 0.5) is 17.5 Å². The second kappa shape index (κ2) is 6.06. The molecule has 1 aliphatic carbocycles. The van der Waals surface area contributed by atoms with Crippen molar-refractivity contribution in [3.63, 3.8) is 0 Å². The molecule has 1 fully saturated rings. The van der Waals surface area contributed by atoms with Crippen molar-refractivity contribution in [2.75, 3.05) is 10.6 Å². The lowest BCUT2D eigenvalue weighted by Gasteiger charge is -2.15. The van der Waals surface area contributed by atoms with Crippen molar-refractivity contribution in [1.29, 1.82) is 0 Å². The second-order valence-electron chi connectivity index (χ2n) is 7.21. The smallest absolute Gasteiger partial charge is 0.231 e. The fourth-order valence-electron chi connectivity index (χ4n) is 3.22. The highest BCUT2D eigenvalue weighted by Gasteiger charge is 2.28. The summed E-state index contributed by atoms with van der Waals surface area (Å²) < 4.78 is 1.99. The number of nitrogens with zero attached hydrogens (tertiary/aromatic N) is 4. The van der Waals surface area contributed by atoms with Gasteiger partial charge in [0.15, 0.2) is 0 Å². The highest BCUT2D eigenvalue weighted by atomic mass is 15.3. The predicted molar refractivity (Wildman–Crippen MR) is 100 cm³/mol. The molecule has 132 valence electrons. The van der Waals surface area contributed by atoms with Crippen molar-refractivity contribution in [1.82, 2.24) is 24.7 Å².